The van der Waals surface area contributed by atoms with Gasteiger partial charge in [0.15, 0.2) is 15.3 Å². The third kappa shape index (κ3) is 5.08. The van der Waals surface area contributed by atoms with Crippen molar-refractivity contribution in [1.82, 2.24) is 15.2 Å². The maximum absolute atomic E-state index is 13.2. The Balaban J connectivity index is 1.21. The molecule has 0 bridgehead atoms. The number of anilines is 2. The zero-order chi connectivity index (χ0) is 28.7. The van der Waals surface area contributed by atoms with Gasteiger partial charge in [-0.05, 0) is 50.1 Å². The summed E-state index contributed by atoms with van der Waals surface area (Å²) in [4.78, 5) is 32.0. The molecule has 0 radical (unpaired) electrons. The summed E-state index contributed by atoms with van der Waals surface area (Å²) in [5.74, 6) is 1.26. The predicted molar refractivity (Wildman–Crippen MR) is 157 cm³/mol. The Morgan fingerprint density at radius 1 is 1.29 bits per heavy atom. The Kier molecular flexibility index (Phi) is 7.24. The van der Waals surface area contributed by atoms with E-state index >= 15 is 0 Å². The maximum Gasteiger partial charge on any atom is 0.236 e. The summed E-state index contributed by atoms with van der Waals surface area (Å²) < 4.78 is 12.5. The van der Waals surface area contributed by atoms with Crippen LogP contribution >= 0.6 is 34.4 Å². The van der Waals surface area contributed by atoms with E-state index in [9.17, 15) is 14.9 Å². The number of carbonyl (C=O) groups excluding carboxylic acids is 2. The molecule has 6 rings (SSSR count). The highest BCUT2D eigenvalue weighted by Crippen LogP contribution is 2.47. The number of aromatic nitrogens is 3. The van der Waals surface area contributed by atoms with Gasteiger partial charge in [-0.1, -0.05) is 34.4 Å². The van der Waals surface area contributed by atoms with Gasteiger partial charge in [-0.25, -0.2) is 4.98 Å². The van der Waals surface area contributed by atoms with Gasteiger partial charge >= 0.3 is 0 Å². The maximum atomic E-state index is 13.2. The Hall–Kier alpha value is -4.19. The Bertz CT molecular complexity index is 1790. The van der Waals surface area contributed by atoms with Crippen LogP contribution in [-0.4, -0.2) is 39.7 Å². The van der Waals surface area contributed by atoms with E-state index in [1.807, 2.05) is 25.1 Å². The van der Waals surface area contributed by atoms with Crippen molar-refractivity contribution in [2.45, 2.75) is 36.4 Å². The number of ether oxygens (including phenoxy) is 1. The Morgan fingerprint density at radius 3 is 2.90 bits per heavy atom. The van der Waals surface area contributed by atoms with Crippen molar-refractivity contribution in [2.75, 3.05) is 23.1 Å². The molecule has 0 saturated carbocycles. The smallest absolute Gasteiger partial charge is 0.236 e. The number of rotatable bonds is 7. The molecule has 3 N–H and O–H groups in total. The first-order chi connectivity index (χ1) is 19.9. The number of thiazole rings is 1. The number of Topliss-reactive ketones (excluding diaryl/α,β-unsaturated/α-hetero) is 1. The molecule has 4 heterocycles. The summed E-state index contributed by atoms with van der Waals surface area (Å²) in [6, 6.07) is 11.3. The molecular weight excluding hydrogens is 583 g/mol. The number of ketones is 1. The molecule has 1 aliphatic carbocycles. The number of carbonyl (C=O) groups is 2. The van der Waals surface area contributed by atoms with Crippen molar-refractivity contribution in [2.24, 2.45) is 5.73 Å². The molecule has 1 aromatic carbocycles. The van der Waals surface area contributed by atoms with E-state index in [1.54, 1.807) is 24.1 Å². The van der Waals surface area contributed by atoms with Crippen molar-refractivity contribution in [3.05, 3.63) is 64.5 Å². The van der Waals surface area contributed by atoms with Crippen molar-refractivity contribution in [1.29, 1.82) is 5.26 Å². The number of methoxy groups -OCH3 is 1. The van der Waals surface area contributed by atoms with Crippen LogP contribution in [0.1, 0.15) is 36.7 Å². The van der Waals surface area contributed by atoms with Crippen LogP contribution in [0.3, 0.4) is 0 Å². The molecule has 4 aromatic rings. The average Bonchev–Trinajstić information content (AvgIpc) is 3.70. The summed E-state index contributed by atoms with van der Waals surface area (Å²) in [6.45, 7) is 1.81. The molecule has 0 fully saturated rings. The number of nitrogens with zero attached hydrogens (tertiary/aromatic N) is 5. The van der Waals surface area contributed by atoms with Crippen LogP contribution in [-0.2, 0) is 9.59 Å². The minimum Gasteiger partial charge on any atom is -0.497 e. The van der Waals surface area contributed by atoms with Gasteiger partial charge in [-0.15, -0.1) is 10.2 Å². The largest absolute Gasteiger partial charge is 0.497 e. The number of benzene rings is 1. The molecule has 3 aromatic heterocycles. The van der Waals surface area contributed by atoms with Gasteiger partial charge in [-0.3, -0.25) is 14.5 Å². The average molecular weight is 606 g/mol. The highest BCUT2D eigenvalue weighted by Gasteiger charge is 2.42. The lowest BCUT2D eigenvalue weighted by Crippen LogP contribution is -2.38. The van der Waals surface area contributed by atoms with Crippen LogP contribution in [0.2, 0.25) is 0 Å². The molecule has 1 amide bonds. The zero-order valence-corrected chi connectivity index (χ0v) is 24.4. The minimum atomic E-state index is -0.665. The lowest BCUT2D eigenvalue weighted by Gasteiger charge is -2.37. The van der Waals surface area contributed by atoms with E-state index < -0.39 is 5.92 Å². The molecule has 14 heteroatoms. The summed E-state index contributed by atoms with van der Waals surface area (Å²) in [7, 11) is 1.60. The molecule has 0 spiro atoms. The Morgan fingerprint density at radius 2 is 2.15 bits per heavy atom. The monoisotopic (exact) mass is 605 g/mol. The van der Waals surface area contributed by atoms with Crippen molar-refractivity contribution < 1.29 is 18.7 Å². The van der Waals surface area contributed by atoms with Gasteiger partial charge in [0.05, 0.1) is 40.6 Å². The number of nitriles is 1. The van der Waals surface area contributed by atoms with Crippen LogP contribution in [0.15, 0.2) is 61.8 Å². The van der Waals surface area contributed by atoms with E-state index in [1.165, 1.54) is 34.4 Å². The van der Waals surface area contributed by atoms with Crippen LogP contribution in [0.4, 0.5) is 10.3 Å². The molecular formula is C27H23N7O4S3. The first kappa shape index (κ1) is 27.0. The number of hydrogen-bond acceptors (Lipinski definition) is 13. The number of fused-ring (bicyclic) bond motifs is 1. The van der Waals surface area contributed by atoms with E-state index in [0.717, 1.165) is 16.0 Å². The molecule has 1 unspecified atom stereocenters. The highest BCUT2D eigenvalue weighted by molar-refractivity contribution is 8.01. The first-order valence-electron chi connectivity index (χ1n) is 12.6. The van der Waals surface area contributed by atoms with E-state index in [2.05, 4.69) is 26.6 Å². The fourth-order valence-electron chi connectivity index (χ4n) is 4.92. The number of amides is 1. The van der Waals surface area contributed by atoms with Crippen LogP contribution in [0.25, 0.3) is 10.2 Å². The summed E-state index contributed by atoms with van der Waals surface area (Å²) >= 11 is 3.83. The molecule has 2 aliphatic rings. The third-order valence-corrected chi connectivity index (χ3v) is 9.69. The summed E-state index contributed by atoms with van der Waals surface area (Å²) in [6.07, 6.45) is 1.64. The van der Waals surface area contributed by atoms with E-state index in [4.69, 9.17) is 14.9 Å². The third-order valence-electron chi connectivity index (χ3n) is 6.71. The number of aryl methyl sites for hydroxylation is 1. The number of nitrogens with two attached hydrogens (primary N) is 1. The van der Waals surface area contributed by atoms with Crippen LogP contribution < -0.4 is 20.7 Å². The molecule has 0 saturated heterocycles. The van der Waals surface area contributed by atoms with Crippen molar-refractivity contribution in [3.63, 3.8) is 0 Å². The van der Waals surface area contributed by atoms with Gasteiger partial charge < -0.3 is 20.2 Å². The number of thioether (sulfide) groups is 1. The Labute approximate surface area is 246 Å². The fraction of sp³-hybridized carbons (Fsp3) is 0.259. The number of nitrogens with one attached hydrogen (secondary N) is 1. The predicted octanol–water partition coefficient (Wildman–Crippen LogP) is 5.09. The van der Waals surface area contributed by atoms with Gasteiger partial charge in [0, 0.05) is 17.7 Å². The van der Waals surface area contributed by atoms with Gasteiger partial charge in [-0.2, -0.15) is 5.26 Å². The topological polar surface area (TPSA) is 160 Å². The number of allylic oxidation sites excluding steroid dienone is 3. The van der Waals surface area contributed by atoms with E-state index in [-0.39, 0.29) is 28.8 Å². The summed E-state index contributed by atoms with van der Waals surface area (Å²) in [5, 5.41) is 22.4. The SMILES string of the molecule is COc1ccc2nc(NC(=O)CSc3nnc(N4C(N)=C(C#N)C(c5ccc(C)o5)C5=C4CCCC5=O)s3)sc2c1. The second kappa shape index (κ2) is 11.0. The highest BCUT2D eigenvalue weighted by atomic mass is 32.2. The molecule has 1 aliphatic heterocycles. The normalized spacial score (nSPS) is 17.1. The lowest BCUT2D eigenvalue weighted by molar-refractivity contribution is -0.116. The van der Waals surface area contributed by atoms with Gasteiger partial charge in [0.25, 0.3) is 0 Å². The second-order valence-electron chi connectivity index (χ2n) is 9.30. The van der Waals surface area contributed by atoms with Crippen LogP contribution in [0, 0.1) is 18.3 Å². The van der Waals surface area contributed by atoms with Crippen LogP contribution in [0.5, 0.6) is 5.75 Å². The molecule has 41 heavy (non-hydrogen) atoms. The standard InChI is InChI=1S/C27H23N7O4S3/c1-13-6-9-19(38-13)22-15(11-28)24(29)34(17-4-3-5-18(35)23(17)22)26-32-33-27(41-26)39-12-21(36)31-25-30-16-8-7-14(37-2)10-20(16)40-25/h6-10,22H,3-5,12,29H2,1-2H3,(H,30,31,36). The zero-order valence-electron chi connectivity index (χ0n) is 22.0. The quantitative estimate of drug-likeness (QED) is 0.270. The van der Waals surface area contributed by atoms with Gasteiger partial charge in [0.2, 0.25) is 11.0 Å². The molecule has 208 valence electrons. The molecule has 11 nitrogen and oxygen atoms in total. The minimum absolute atomic E-state index is 0.0420. The second-order valence-corrected chi connectivity index (χ2v) is 12.5. The van der Waals surface area contributed by atoms with Crippen molar-refractivity contribution in [3.8, 4) is 11.8 Å². The number of furan rings is 1. The molecule has 1 atom stereocenters. The lowest BCUT2D eigenvalue weighted by atomic mass is 9.78. The van der Waals surface area contributed by atoms with Gasteiger partial charge in [0.1, 0.15) is 23.1 Å². The fourth-order valence-corrected chi connectivity index (χ4v) is 7.51. The number of hydrogen-bond donors (Lipinski definition) is 2. The summed E-state index contributed by atoms with van der Waals surface area (Å²) in [5.41, 5.74) is 8.78. The van der Waals surface area contributed by atoms with Crippen molar-refractivity contribution >= 4 is 66.6 Å². The first-order valence-corrected chi connectivity index (χ1v) is 15.2. The van der Waals surface area contributed by atoms with E-state index in [0.29, 0.717) is 56.7 Å².